The maximum Gasteiger partial charge on any atom is 0.241 e. The Morgan fingerprint density at radius 3 is 2.68 bits per heavy atom. The molecule has 0 saturated heterocycles. The van der Waals surface area contributed by atoms with Gasteiger partial charge in [0.1, 0.15) is 5.76 Å². The van der Waals surface area contributed by atoms with Crippen molar-refractivity contribution in [2.45, 2.75) is 50.1 Å². The summed E-state index contributed by atoms with van der Waals surface area (Å²) in [6, 6.07) is 7.80. The van der Waals surface area contributed by atoms with Gasteiger partial charge in [0.25, 0.3) is 0 Å². The van der Waals surface area contributed by atoms with E-state index in [0.29, 0.717) is 5.76 Å². The largest absolute Gasteiger partial charge is 0.467 e. The summed E-state index contributed by atoms with van der Waals surface area (Å²) in [5.41, 5.74) is 2.30. The van der Waals surface area contributed by atoms with Crippen molar-refractivity contribution in [3.63, 3.8) is 0 Å². The van der Waals surface area contributed by atoms with Crippen LogP contribution in [0.25, 0.3) is 0 Å². The predicted molar refractivity (Wildman–Crippen MR) is 93.4 cm³/mol. The Bertz CT molecular complexity index is 844. The van der Waals surface area contributed by atoms with Gasteiger partial charge in [-0.1, -0.05) is 6.07 Å². The van der Waals surface area contributed by atoms with E-state index < -0.39 is 22.0 Å². The van der Waals surface area contributed by atoms with E-state index >= 15 is 0 Å². The van der Waals surface area contributed by atoms with E-state index in [9.17, 15) is 13.2 Å². The quantitative estimate of drug-likeness (QED) is 0.824. The molecule has 25 heavy (non-hydrogen) atoms. The third kappa shape index (κ3) is 4.29. The van der Waals surface area contributed by atoms with Crippen molar-refractivity contribution in [2.24, 2.45) is 0 Å². The zero-order valence-corrected chi connectivity index (χ0v) is 14.9. The van der Waals surface area contributed by atoms with Gasteiger partial charge in [0, 0.05) is 0 Å². The Morgan fingerprint density at radius 1 is 1.20 bits per heavy atom. The van der Waals surface area contributed by atoms with Crippen LogP contribution in [-0.4, -0.2) is 20.4 Å². The molecular weight excluding hydrogens is 340 g/mol. The molecule has 0 saturated carbocycles. The molecule has 3 rings (SSSR count). The molecular formula is C18H22N2O4S. The molecule has 6 nitrogen and oxygen atoms in total. The molecule has 1 amide bonds. The van der Waals surface area contributed by atoms with Crippen LogP contribution in [0.2, 0.25) is 0 Å². The molecule has 1 aliphatic rings. The van der Waals surface area contributed by atoms with Crippen molar-refractivity contribution in [1.29, 1.82) is 0 Å². The second-order valence-corrected chi connectivity index (χ2v) is 7.99. The lowest BCUT2D eigenvalue weighted by molar-refractivity contribution is -0.122. The first-order chi connectivity index (χ1) is 12.0. The summed E-state index contributed by atoms with van der Waals surface area (Å²) in [5.74, 6) is 0.205. The van der Waals surface area contributed by atoms with E-state index in [4.69, 9.17) is 4.42 Å². The second kappa shape index (κ2) is 7.41. The van der Waals surface area contributed by atoms with Crippen LogP contribution in [0.15, 0.2) is 45.9 Å². The van der Waals surface area contributed by atoms with Crippen molar-refractivity contribution in [2.75, 3.05) is 0 Å². The highest BCUT2D eigenvalue weighted by molar-refractivity contribution is 7.89. The van der Waals surface area contributed by atoms with Gasteiger partial charge in [-0.3, -0.25) is 4.79 Å². The van der Waals surface area contributed by atoms with Crippen LogP contribution in [0.5, 0.6) is 0 Å². The minimum atomic E-state index is -3.74. The van der Waals surface area contributed by atoms with Crippen LogP contribution >= 0.6 is 0 Å². The molecule has 0 bridgehead atoms. The molecule has 134 valence electrons. The molecule has 0 aliphatic heterocycles. The predicted octanol–water partition coefficient (Wildman–Crippen LogP) is 2.14. The second-order valence-electron chi connectivity index (χ2n) is 6.28. The Hall–Kier alpha value is -2.12. The molecule has 1 atom stereocenters. The summed E-state index contributed by atoms with van der Waals surface area (Å²) in [4.78, 5) is 12.3. The minimum absolute atomic E-state index is 0.207. The first-order valence-electron chi connectivity index (χ1n) is 8.40. The van der Waals surface area contributed by atoms with Crippen molar-refractivity contribution in [1.82, 2.24) is 10.0 Å². The highest BCUT2D eigenvalue weighted by atomic mass is 32.2. The lowest BCUT2D eigenvalue weighted by atomic mass is 9.92. The van der Waals surface area contributed by atoms with Crippen molar-refractivity contribution < 1.29 is 17.6 Å². The molecule has 0 radical (unpaired) electrons. The smallest absolute Gasteiger partial charge is 0.241 e. The highest BCUT2D eigenvalue weighted by Gasteiger charge is 2.23. The van der Waals surface area contributed by atoms with E-state index in [1.807, 2.05) is 6.07 Å². The summed E-state index contributed by atoms with van der Waals surface area (Å²) in [6.07, 6.45) is 5.63. The summed E-state index contributed by atoms with van der Waals surface area (Å²) in [5, 5.41) is 2.65. The van der Waals surface area contributed by atoms with Crippen LogP contribution in [0.4, 0.5) is 0 Å². The van der Waals surface area contributed by atoms with Gasteiger partial charge in [0.05, 0.1) is 23.7 Å². The van der Waals surface area contributed by atoms with Crippen molar-refractivity contribution in [3.05, 3.63) is 53.5 Å². The SMILES string of the molecule is C[C@H](NS(=O)(=O)c1ccc2c(c1)CCCC2)C(=O)NCc1ccco1. The van der Waals surface area contributed by atoms with Crippen molar-refractivity contribution in [3.8, 4) is 0 Å². The highest BCUT2D eigenvalue weighted by Crippen LogP contribution is 2.24. The van der Waals surface area contributed by atoms with Crippen LogP contribution < -0.4 is 10.0 Å². The zero-order chi connectivity index (χ0) is 17.9. The molecule has 1 aliphatic carbocycles. The molecule has 2 N–H and O–H groups in total. The first kappa shape index (κ1) is 17.7. The van der Waals surface area contributed by atoms with E-state index in [1.54, 1.807) is 24.3 Å². The third-order valence-corrected chi connectivity index (χ3v) is 5.91. The van der Waals surface area contributed by atoms with E-state index in [2.05, 4.69) is 10.0 Å². The van der Waals surface area contributed by atoms with Gasteiger partial charge >= 0.3 is 0 Å². The molecule has 0 spiro atoms. The normalized spacial score (nSPS) is 15.4. The molecule has 0 fully saturated rings. The third-order valence-electron chi connectivity index (χ3n) is 4.37. The lowest BCUT2D eigenvalue weighted by Crippen LogP contribution is -2.44. The van der Waals surface area contributed by atoms with Crippen LogP contribution in [0.3, 0.4) is 0 Å². The summed E-state index contributed by atoms with van der Waals surface area (Å²) < 4.78 is 32.7. The lowest BCUT2D eigenvalue weighted by Gasteiger charge is -2.18. The molecule has 1 aromatic heterocycles. The maximum atomic E-state index is 12.6. The average molecular weight is 362 g/mol. The number of rotatable bonds is 6. The molecule has 1 heterocycles. The fourth-order valence-corrected chi connectivity index (χ4v) is 4.22. The van der Waals surface area contributed by atoms with Crippen LogP contribution in [-0.2, 0) is 34.2 Å². The molecule has 0 unspecified atom stereocenters. The van der Waals surface area contributed by atoms with E-state index in [0.717, 1.165) is 31.2 Å². The maximum absolute atomic E-state index is 12.6. The summed E-state index contributed by atoms with van der Waals surface area (Å²) in [7, 11) is -3.74. The average Bonchev–Trinajstić information content (AvgIpc) is 3.12. The number of carbonyl (C=O) groups excluding carboxylic acids is 1. The number of carbonyl (C=O) groups is 1. The minimum Gasteiger partial charge on any atom is -0.467 e. The van der Waals surface area contributed by atoms with Gasteiger partial charge < -0.3 is 9.73 Å². The van der Waals surface area contributed by atoms with E-state index in [1.165, 1.54) is 18.8 Å². The Kier molecular flexibility index (Phi) is 5.24. The zero-order valence-electron chi connectivity index (χ0n) is 14.1. The number of hydrogen-bond donors (Lipinski definition) is 2. The number of sulfonamides is 1. The standard InChI is InChI=1S/C18H22N2O4S/c1-13(18(21)19-12-16-7-4-10-24-16)20-25(22,23)17-9-8-14-5-2-3-6-15(14)11-17/h4,7-11,13,20H,2-3,5-6,12H2,1H3,(H,19,21)/t13-/m0/s1. The topological polar surface area (TPSA) is 88.4 Å². The fraction of sp³-hybridized carbons (Fsp3) is 0.389. The first-order valence-corrected chi connectivity index (χ1v) is 9.88. The summed E-state index contributed by atoms with van der Waals surface area (Å²) >= 11 is 0. The Morgan fingerprint density at radius 2 is 1.96 bits per heavy atom. The van der Waals surface area contributed by atoms with Crippen LogP contribution in [0, 0.1) is 0 Å². The van der Waals surface area contributed by atoms with Gasteiger partial charge in [-0.2, -0.15) is 4.72 Å². The number of nitrogens with one attached hydrogen (secondary N) is 2. The van der Waals surface area contributed by atoms with Crippen LogP contribution in [0.1, 0.15) is 36.7 Å². The monoisotopic (exact) mass is 362 g/mol. The van der Waals surface area contributed by atoms with Crippen molar-refractivity contribution >= 4 is 15.9 Å². The number of aryl methyl sites for hydroxylation is 2. The van der Waals surface area contributed by atoms with Gasteiger partial charge in [0.15, 0.2) is 0 Å². The summed E-state index contributed by atoms with van der Waals surface area (Å²) in [6.45, 7) is 1.74. The van der Waals surface area contributed by atoms with Gasteiger partial charge in [-0.25, -0.2) is 8.42 Å². The fourth-order valence-electron chi connectivity index (χ4n) is 2.97. The van der Waals surface area contributed by atoms with Gasteiger partial charge in [-0.15, -0.1) is 0 Å². The number of hydrogen-bond acceptors (Lipinski definition) is 4. The van der Waals surface area contributed by atoms with E-state index in [-0.39, 0.29) is 11.4 Å². The number of benzene rings is 1. The van der Waals surface area contributed by atoms with Gasteiger partial charge in [-0.05, 0) is 68.0 Å². The Balaban J connectivity index is 1.65. The number of fused-ring (bicyclic) bond motifs is 1. The molecule has 7 heteroatoms. The molecule has 2 aromatic rings. The number of amides is 1. The molecule has 1 aromatic carbocycles. The number of furan rings is 1. The Labute approximate surface area is 147 Å². The van der Waals surface area contributed by atoms with Gasteiger partial charge in [0.2, 0.25) is 15.9 Å².